The van der Waals surface area contributed by atoms with Crippen molar-refractivity contribution in [1.82, 2.24) is 14.1 Å². The average Bonchev–Trinajstić information content (AvgIpc) is 2.79. The van der Waals surface area contributed by atoms with Gasteiger partial charge in [0.25, 0.3) is 0 Å². The molecule has 1 rings (SSSR count). The Morgan fingerprint density at radius 3 is 2.82 bits per heavy atom. The highest BCUT2D eigenvalue weighted by molar-refractivity contribution is 6.99. The highest BCUT2D eigenvalue weighted by Gasteiger charge is 2.08. The summed E-state index contributed by atoms with van der Waals surface area (Å²) in [5, 5.41) is 22.0. The van der Waals surface area contributed by atoms with E-state index in [1.807, 2.05) is 6.92 Å². The SMILES string of the molecule is CCCC(O)CNCC(O)COc1cnsn1. The maximum absolute atomic E-state index is 9.58. The van der Waals surface area contributed by atoms with Crippen LogP contribution in [0.2, 0.25) is 0 Å². The number of aliphatic hydroxyl groups excluding tert-OH is 2. The minimum absolute atomic E-state index is 0.169. The largest absolute Gasteiger partial charge is 0.473 e. The van der Waals surface area contributed by atoms with Crippen LogP contribution in [0.5, 0.6) is 5.88 Å². The number of nitrogens with zero attached hydrogens (tertiary/aromatic N) is 2. The molecule has 0 aliphatic rings. The summed E-state index contributed by atoms with van der Waals surface area (Å²) in [6, 6.07) is 0. The van der Waals surface area contributed by atoms with Crippen molar-refractivity contribution in [3.8, 4) is 5.88 Å². The smallest absolute Gasteiger partial charge is 0.245 e. The molecule has 6 nitrogen and oxygen atoms in total. The van der Waals surface area contributed by atoms with Crippen molar-refractivity contribution in [1.29, 1.82) is 0 Å². The standard InChI is InChI=1S/C10H19N3O3S/c1-2-3-8(14)4-11-5-9(15)7-16-10-6-12-17-13-10/h6,8-9,11,14-15H,2-5,7H2,1H3. The Hall–Kier alpha value is -0.760. The van der Waals surface area contributed by atoms with E-state index in [4.69, 9.17) is 4.74 Å². The van der Waals surface area contributed by atoms with Crippen LogP contribution >= 0.6 is 11.7 Å². The molecule has 2 atom stereocenters. The zero-order chi connectivity index (χ0) is 12.5. The van der Waals surface area contributed by atoms with Crippen molar-refractivity contribution in [3.05, 3.63) is 6.20 Å². The van der Waals surface area contributed by atoms with Crippen LogP contribution < -0.4 is 10.1 Å². The third kappa shape index (κ3) is 6.52. The van der Waals surface area contributed by atoms with Crippen molar-refractivity contribution < 1.29 is 14.9 Å². The zero-order valence-corrected chi connectivity index (χ0v) is 10.7. The summed E-state index contributed by atoms with van der Waals surface area (Å²) in [5.74, 6) is 0.431. The Labute approximate surface area is 105 Å². The molecule has 0 radical (unpaired) electrons. The van der Waals surface area contributed by atoms with Crippen molar-refractivity contribution in [2.45, 2.75) is 32.0 Å². The number of aliphatic hydroxyl groups is 2. The van der Waals surface area contributed by atoms with E-state index in [1.165, 1.54) is 6.20 Å². The number of aromatic nitrogens is 2. The molecular formula is C10H19N3O3S. The van der Waals surface area contributed by atoms with Crippen LogP contribution in [0.15, 0.2) is 6.20 Å². The summed E-state index contributed by atoms with van der Waals surface area (Å²) in [7, 11) is 0. The maximum atomic E-state index is 9.58. The lowest BCUT2D eigenvalue weighted by Gasteiger charge is -2.14. The molecule has 1 aromatic heterocycles. The fraction of sp³-hybridized carbons (Fsp3) is 0.800. The molecule has 1 heterocycles. The molecule has 0 aromatic carbocycles. The Morgan fingerprint density at radius 2 is 2.18 bits per heavy atom. The van der Waals surface area contributed by atoms with Crippen molar-refractivity contribution in [2.24, 2.45) is 0 Å². The van der Waals surface area contributed by atoms with Crippen LogP contribution in [0.25, 0.3) is 0 Å². The van der Waals surface area contributed by atoms with Gasteiger partial charge in [-0.2, -0.15) is 4.37 Å². The predicted octanol–water partition coefficient (Wildman–Crippen LogP) is 0.0284. The summed E-state index contributed by atoms with van der Waals surface area (Å²) in [4.78, 5) is 0. The van der Waals surface area contributed by atoms with Gasteiger partial charge >= 0.3 is 0 Å². The van der Waals surface area contributed by atoms with E-state index >= 15 is 0 Å². The number of nitrogens with one attached hydrogen (secondary N) is 1. The van der Waals surface area contributed by atoms with Crippen molar-refractivity contribution in [3.63, 3.8) is 0 Å². The lowest BCUT2D eigenvalue weighted by Crippen LogP contribution is -2.35. The lowest BCUT2D eigenvalue weighted by atomic mass is 10.2. The second kappa shape index (κ2) is 8.35. The van der Waals surface area contributed by atoms with E-state index in [1.54, 1.807) is 0 Å². The minimum atomic E-state index is -0.620. The van der Waals surface area contributed by atoms with Crippen LogP contribution in [-0.2, 0) is 0 Å². The van der Waals surface area contributed by atoms with Crippen LogP contribution in [-0.4, -0.2) is 50.9 Å². The molecule has 7 heteroatoms. The molecule has 0 fully saturated rings. The second-order valence-corrected chi connectivity index (χ2v) is 4.37. The van der Waals surface area contributed by atoms with Crippen molar-refractivity contribution in [2.75, 3.05) is 19.7 Å². The normalized spacial score (nSPS) is 14.5. The summed E-state index contributed by atoms with van der Waals surface area (Å²) < 4.78 is 12.8. The van der Waals surface area contributed by atoms with Gasteiger partial charge in [-0.25, -0.2) is 0 Å². The van der Waals surface area contributed by atoms with Crippen molar-refractivity contribution >= 4 is 11.7 Å². The molecule has 0 aliphatic heterocycles. The first kappa shape index (κ1) is 14.3. The van der Waals surface area contributed by atoms with Gasteiger partial charge in [-0.1, -0.05) is 13.3 Å². The molecule has 0 bridgehead atoms. The molecule has 3 N–H and O–H groups in total. The summed E-state index contributed by atoms with van der Waals surface area (Å²) in [5.41, 5.74) is 0. The molecular weight excluding hydrogens is 242 g/mol. The van der Waals surface area contributed by atoms with Crippen LogP contribution in [0.1, 0.15) is 19.8 Å². The molecule has 2 unspecified atom stereocenters. The van der Waals surface area contributed by atoms with Crippen LogP contribution in [0.4, 0.5) is 0 Å². The van der Waals surface area contributed by atoms with Gasteiger partial charge in [-0.3, -0.25) is 0 Å². The van der Waals surface area contributed by atoms with E-state index in [9.17, 15) is 10.2 Å². The van der Waals surface area contributed by atoms with E-state index in [0.717, 1.165) is 24.6 Å². The summed E-state index contributed by atoms with van der Waals surface area (Å²) >= 11 is 1.06. The fourth-order valence-electron chi connectivity index (χ4n) is 1.31. The Bertz CT molecular complexity index is 284. The van der Waals surface area contributed by atoms with Gasteiger partial charge in [0.2, 0.25) is 5.88 Å². The number of rotatable bonds is 9. The summed E-state index contributed by atoms with van der Waals surface area (Å²) in [6.45, 7) is 3.07. The van der Waals surface area contributed by atoms with Gasteiger partial charge in [-0.05, 0) is 6.42 Å². The number of ether oxygens (including phenoxy) is 1. The Morgan fingerprint density at radius 1 is 1.41 bits per heavy atom. The van der Waals surface area contributed by atoms with E-state index in [-0.39, 0.29) is 12.7 Å². The first-order valence-corrected chi connectivity index (χ1v) is 6.42. The molecule has 0 aliphatic carbocycles. The minimum Gasteiger partial charge on any atom is -0.473 e. The van der Waals surface area contributed by atoms with Gasteiger partial charge in [0.15, 0.2) is 0 Å². The number of hydrogen-bond donors (Lipinski definition) is 3. The van der Waals surface area contributed by atoms with Gasteiger partial charge < -0.3 is 20.3 Å². The Balaban J connectivity index is 2.03. The molecule has 0 spiro atoms. The monoisotopic (exact) mass is 261 g/mol. The third-order valence-corrected chi connectivity index (χ3v) is 2.61. The number of hydrogen-bond acceptors (Lipinski definition) is 7. The molecule has 98 valence electrons. The Kier molecular flexibility index (Phi) is 7.02. The highest BCUT2D eigenvalue weighted by Crippen LogP contribution is 2.05. The molecule has 0 saturated carbocycles. The lowest BCUT2D eigenvalue weighted by molar-refractivity contribution is 0.0968. The first-order chi connectivity index (χ1) is 8.22. The first-order valence-electron chi connectivity index (χ1n) is 5.69. The highest BCUT2D eigenvalue weighted by atomic mass is 32.1. The molecule has 0 amide bonds. The van der Waals surface area contributed by atoms with E-state index in [0.29, 0.717) is 19.0 Å². The van der Waals surface area contributed by atoms with Gasteiger partial charge in [-0.15, -0.1) is 4.37 Å². The van der Waals surface area contributed by atoms with Gasteiger partial charge in [0.1, 0.15) is 18.9 Å². The van der Waals surface area contributed by atoms with E-state index < -0.39 is 6.10 Å². The third-order valence-electron chi connectivity index (χ3n) is 2.15. The molecule has 0 saturated heterocycles. The van der Waals surface area contributed by atoms with Crippen LogP contribution in [0, 0.1) is 0 Å². The average molecular weight is 261 g/mol. The fourth-order valence-corrected chi connectivity index (χ4v) is 1.68. The second-order valence-electron chi connectivity index (χ2n) is 3.81. The zero-order valence-electron chi connectivity index (χ0n) is 9.87. The summed E-state index contributed by atoms with van der Waals surface area (Å²) in [6.07, 6.45) is 2.26. The topological polar surface area (TPSA) is 87.5 Å². The molecule has 17 heavy (non-hydrogen) atoms. The molecule has 1 aromatic rings. The van der Waals surface area contributed by atoms with Crippen LogP contribution in [0.3, 0.4) is 0 Å². The predicted molar refractivity (Wildman–Crippen MR) is 65.2 cm³/mol. The maximum Gasteiger partial charge on any atom is 0.245 e. The van der Waals surface area contributed by atoms with Gasteiger partial charge in [0.05, 0.1) is 17.8 Å². The van der Waals surface area contributed by atoms with Gasteiger partial charge in [0, 0.05) is 13.1 Å². The van der Waals surface area contributed by atoms with E-state index in [2.05, 4.69) is 14.1 Å². The quantitative estimate of drug-likeness (QED) is 0.581.